The number of aliphatic imine (C=N–C) groups is 3. The van der Waals surface area contributed by atoms with Crippen LogP contribution in [0.1, 0.15) is 44.0 Å². The number of likely N-dealkylation sites (N-methyl/N-ethyl adjacent to an activating group) is 1. The van der Waals surface area contributed by atoms with Crippen molar-refractivity contribution in [3.63, 3.8) is 0 Å². The second kappa shape index (κ2) is 12.3. The van der Waals surface area contributed by atoms with E-state index < -0.39 is 0 Å². The molecule has 0 radical (unpaired) electrons. The smallest absolute Gasteiger partial charge is 0.251 e. The second-order valence-corrected chi connectivity index (χ2v) is 10.9. The monoisotopic (exact) mass is 538 g/mol. The molecule has 1 aromatic rings. The number of hydrogen-bond donors (Lipinski definition) is 1. The highest BCUT2D eigenvalue weighted by atomic mass is 16.5. The number of rotatable bonds is 5. The molecule has 2 unspecified atom stereocenters. The third-order valence-corrected chi connectivity index (χ3v) is 8.10. The number of benzene rings is 1. The standard InChI is InChI=1S/C28H42N8O3/c1-18(2)35-14-15-36-23(17-35)27(38)34(6)19(3)25(36)32-28(29-4)31-22-9-8-20(16-24(22)39-7)26(37)30-21-10-12-33(5)13-11-21/h8-9,16,18-19,21,23H,4,10-15,17H2,1-3,5-7H3,(H,30,37). The van der Waals surface area contributed by atoms with Gasteiger partial charge in [-0.1, -0.05) is 0 Å². The highest BCUT2D eigenvalue weighted by molar-refractivity contribution is 6.06. The van der Waals surface area contributed by atoms with E-state index in [1.807, 2.05) is 14.0 Å². The van der Waals surface area contributed by atoms with Gasteiger partial charge in [0.2, 0.25) is 5.91 Å². The molecule has 0 saturated carbocycles. The van der Waals surface area contributed by atoms with Crippen molar-refractivity contribution in [2.24, 2.45) is 15.0 Å². The van der Waals surface area contributed by atoms with Crippen LogP contribution in [0.2, 0.25) is 0 Å². The molecule has 3 fully saturated rings. The van der Waals surface area contributed by atoms with Crippen molar-refractivity contribution in [2.45, 2.75) is 57.8 Å². The van der Waals surface area contributed by atoms with Crippen LogP contribution in [0.5, 0.6) is 5.75 Å². The van der Waals surface area contributed by atoms with Crippen molar-refractivity contribution in [3.05, 3.63) is 23.8 Å². The largest absolute Gasteiger partial charge is 0.494 e. The Bertz CT molecular complexity index is 1140. The summed E-state index contributed by atoms with van der Waals surface area (Å²) < 4.78 is 5.57. The molecule has 0 bridgehead atoms. The normalized spacial score (nSPS) is 24.7. The molecule has 212 valence electrons. The van der Waals surface area contributed by atoms with Crippen LogP contribution < -0.4 is 10.1 Å². The zero-order chi connectivity index (χ0) is 28.3. The highest BCUT2D eigenvalue weighted by Crippen LogP contribution is 2.30. The lowest BCUT2D eigenvalue weighted by Crippen LogP contribution is -2.69. The van der Waals surface area contributed by atoms with Gasteiger partial charge in [0.05, 0.1) is 13.2 Å². The lowest BCUT2D eigenvalue weighted by atomic mass is 10.0. The molecule has 3 aliphatic heterocycles. The zero-order valence-electron chi connectivity index (χ0n) is 24.1. The van der Waals surface area contributed by atoms with Crippen LogP contribution >= 0.6 is 0 Å². The summed E-state index contributed by atoms with van der Waals surface area (Å²) >= 11 is 0. The SMILES string of the molecule is C=NC(=Nc1ccc(C(=O)NC2CCN(C)CC2)cc1OC)N=C1C(C)N(C)C(=O)C2CN(C(C)C)CCN12. The summed E-state index contributed by atoms with van der Waals surface area (Å²) in [5.74, 6) is 1.32. The van der Waals surface area contributed by atoms with Crippen molar-refractivity contribution < 1.29 is 14.3 Å². The Morgan fingerprint density at radius 2 is 1.87 bits per heavy atom. The Morgan fingerprint density at radius 1 is 1.15 bits per heavy atom. The first kappa shape index (κ1) is 28.7. The van der Waals surface area contributed by atoms with Gasteiger partial charge >= 0.3 is 0 Å². The average Bonchev–Trinajstić information content (AvgIpc) is 2.94. The van der Waals surface area contributed by atoms with Crippen molar-refractivity contribution in [1.29, 1.82) is 0 Å². The Labute approximate surface area is 231 Å². The van der Waals surface area contributed by atoms with Gasteiger partial charge in [0.15, 0.2) is 0 Å². The summed E-state index contributed by atoms with van der Waals surface area (Å²) in [6.07, 6.45) is 1.87. The number of nitrogens with one attached hydrogen (secondary N) is 1. The number of likely N-dealkylation sites (tertiary alicyclic amines) is 1. The maximum Gasteiger partial charge on any atom is 0.251 e. The molecule has 0 aliphatic carbocycles. The van der Waals surface area contributed by atoms with E-state index in [0.717, 1.165) is 38.3 Å². The van der Waals surface area contributed by atoms with Crippen molar-refractivity contribution in [3.8, 4) is 5.75 Å². The number of hydrogen-bond acceptors (Lipinski definition) is 6. The molecule has 0 aromatic heterocycles. The molecule has 39 heavy (non-hydrogen) atoms. The summed E-state index contributed by atoms with van der Waals surface area (Å²) in [5, 5.41) is 3.13. The number of methoxy groups -OCH3 is 1. The van der Waals surface area contributed by atoms with Crippen LogP contribution in [0.15, 0.2) is 33.2 Å². The molecule has 11 heteroatoms. The summed E-state index contributed by atoms with van der Waals surface area (Å²) in [6, 6.07) is 5.14. The van der Waals surface area contributed by atoms with Gasteiger partial charge < -0.3 is 24.8 Å². The molecule has 0 spiro atoms. The Balaban J connectivity index is 1.57. The maximum absolute atomic E-state index is 13.1. The number of carbonyl (C=O) groups excluding carboxylic acids is 2. The Morgan fingerprint density at radius 3 is 2.51 bits per heavy atom. The molecular formula is C28H42N8O3. The fraction of sp³-hybridized carbons (Fsp3) is 0.607. The Kier molecular flexibility index (Phi) is 9.01. The molecular weight excluding hydrogens is 496 g/mol. The highest BCUT2D eigenvalue weighted by Gasteiger charge is 2.44. The molecule has 4 rings (SSSR count). The summed E-state index contributed by atoms with van der Waals surface area (Å²) in [5.41, 5.74) is 1.00. The summed E-state index contributed by atoms with van der Waals surface area (Å²) in [6.45, 7) is 14.1. The van der Waals surface area contributed by atoms with Crippen LogP contribution in [0.3, 0.4) is 0 Å². The first-order valence-corrected chi connectivity index (χ1v) is 13.7. The number of piperidine rings is 1. The summed E-state index contributed by atoms with van der Waals surface area (Å²) in [7, 11) is 5.45. The van der Waals surface area contributed by atoms with Crippen molar-refractivity contribution >= 4 is 36.0 Å². The van der Waals surface area contributed by atoms with E-state index in [1.54, 1.807) is 30.2 Å². The minimum absolute atomic E-state index is 0.0904. The minimum atomic E-state index is -0.302. The predicted molar refractivity (Wildman–Crippen MR) is 154 cm³/mol. The number of guanidine groups is 1. The van der Waals surface area contributed by atoms with E-state index in [4.69, 9.17) is 9.73 Å². The first-order chi connectivity index (χ1) is 18.6. The van der Waals surface area contributed by atoms with Gasteiger partial charge in [-0.05, 0) is 78.7 Å². The molecule has 3 saturated heterocycles. The third-order valence-electron chi connectivity index (χ3n) is 8.10. The third kappa shape index (κ3) is 6.30. The van der Waals surface area contributed by atoms with E-state index in [0.29, 0.717) is 36.1 Å². The van der Waals surface area contributed by atoms with Gasteiger partial charge in [-0.2, -0.15) is 4.99 Å². The fourth-order valence-corrected chi connectivity index (χ4v) is 5.39. The van der Waals surface area contributed by atoms with Gasteiger partial charge in [-0.25, -0.2) is 9.98 Å². The molecule has 1 N–H and O–H groups in total. The minimum Gasteiger partial charge on any atom is -0.494 e. The van der Waals surface area contributed by atoms with Gasteiger partial charge in [0, 0.05) is 44.3 Å². The first-order valence-electron chi connectivity index (χ1n) is 13.7. The fourth-order valence-electron chi connectivity index (χ4n) is 5.39. The zero-order valence-corrected chi connectivity index (χ0v) is 24.1. The van der Waals surface area contributed by atoms with Crippen LogP contribution in [-0.2, 0) is 4.79 Å². The molecule has 2 amide bonds. The lowest BCUT2D eigenvalue weighted by molar-refractivity contribution is -0.140. The van der Waals surface area contributed by atoms with Crippen LogP contribution in [-0.4, -0.2) is 128 Å². The molecule has 11 nitrogen and oxygen atoms in total. The number of ether oxygens (including phenoxy) is 1. The quantitative estimate of drug-likeness (QED) is 0.453. The van der Waals surface area contributed by atoms with E-state index in [-0.39, 0.29) is 35.9 Å². The number of carbonyl (C=O) groups is 2. The predicted octanol–water partition coefficient (Wildman–Crippen LogP) is 1.86. The van der Waals surface area contributed by atoms with E-state index in [1.165, 1.54) is 0 Å². The van der Waals surface area contributed by atoms with Gasteiger partial charge in [0.1, 0.15) is 23.3 Å². The lowest BCUT2D eigenvalue weighted by Gasteiger charge is -2.50. The Hall–Kier alpha value is -3.31. The number of fused-ring (bicyclic) bond motifs is 1. The van der Waals surface area contributed by atoms with Gasteiger partial charge in [-0.3, -0.25) is 14.5 Å². The number of piperazine rings is 2. The van der Waals surface area contributed by atoms with Crippen LogP contribution in [0.4, 0.5) is 5.69 Å². The van der Waals surface area contributed by atoms with E-state index in [9.17, 15) is 9.59 Å². The second-order valence-electron chi connectivity index (χ2n) is 10.9. The number of amidine groups is 1. The molecule has 2 atom stereocenters. The van der Waals surface area contributed by atoms with E-state index >= 15 is 0 Å². The summed E-state index contributed by atoms with van der Waals surface area (Å²) in [4.78, 5) is 47.9. The van der Waals surface area contributed by atoms with Gasteiger partial charge in [0.25, 0.3) is 11.9 Å². The number of amides is 2. The van der Waals surface area contributed by atoms with Gasteiger partial charge in [-0.15, -0.1) is 0 Å². The van der Waals surface area contributed by atoms with Crippen molar-refractivity contribution in [2.75, 3.05) is 53.9 Å². The molecule has 3 aliphatic rings. The van der Waals surface area contributed by atoms with Crippen LogP contribution in [0, 0.1) is 0 Å². The molecule has 1 aromatic carbocycles. The molecule has 3 heterocycles. The topological polar surface area (TPSA) is 105 Å². The number of nitrogens with zero attached hydrogens (tertiary/aromatic N) is 7. The average molecular weight is 539 g/mol. The van der Waals surface area contributed by atoms with Crippen molar-refractivity contribution in [1.82, 2.24) is 24.9 Å². The van der Waals surface area contributed by atoms with E-state index in [2.05, 4.69) is 57.6 Å². The maximum atomic E-state index is 13.1. The van der Waals surface area contributed by atoms with Crippen LogP contribution in [0.25, 0.3) is 0 Å².